The van der Waals surface area contributed by atoms with E-state index in [1.54, 1.807) is 12.1 Å². The van der Waals surface area contributed by atoms with Gasteiger partial charge >= 0.3 is 5.97 Å². The molecule has 0 aromatic heterocycles. The highest BCUT2D eigenvalue weighted by Gasteiger charge is 1.98. The zero-order valence-electron chi connectivity index (χ0n) is 7.40. The summed E-state index contributed by atoms with van der Waals surface area (Å²) in [6.45, 7) is 0. The lowest BCUT2D eigenvalue weighted by Crippen LogP contribution is -2.04. The highest BCUT2D eigenvalue weighted by molar-refractivity contribution is 5.80. The molecule has 0 unspecified atom stereocenters. The van der Waals surface area contributed by atoms with Crippen LogP contribution in [0.25, 0.3) is 0 Å². The second-order valence-electron chi connectivity index (χ2n) is 2.86. The van der Waals surface area contributed by atoms with Gasteiger partial charge in [-0.2, -0.15) is 0 Å². The van der Waals surface area contributed by atoms with Crippen LogP contribution in [0, 0.1) is 5.82 Å². The van der Waals surface area contributed by atoms with E-state index in [2.05, 4.69) is 0 Å². The molecule has 3 N–H and O–H groups in total. The third-order valence-corrected chi connectivity index (χ3v) is 1.63. The normalized spacial score (nSPS) is 11.4. The van der Waals surface area contributed by atoms with E-state index in [1.165, 1.54) is 12.1 Å². The molecule has 0 aliphatic heterocycles. The molecule has 0 radical (unpaired) electrons. The van der Waals surface area contributed by atoms with Gasteiger partial charge in [-0.05, 0) is 17.7 Å². The first-order valence-electron chi connectivity index (χ1n) is 4.01. The Balaban J connectivity index is 2.69. The summed E-state index contributed by atoms with van der Waals surface area (Å²) in [5.41, 5.74) is 6.45. The summed E-state index contributed by atoms with van der Waals surface area (Å²) in [6.07, 6.45) is 1.25. The summed E-state index contributed by atoms with van der Waals surface area (Å²) in [7, 11) is 0. The third kappa shape index (κ3) is 3.26. The lowest BCUT2D eigenvalue weighted by Gasteiger charge is -2.00. The van der Waals surface area contributed by atoms with Crippen molar-refractivity contribution in [2.24, 2.45) is 5.73 Å². The average molecular weight is 195 g/mol. The fourth-order valence-electron chi connectivity index (χ4n) is 1.05. The minimum absolute atomic E-state index is 0.240. The molecule has 74 valence electrons. The molecule has 0 bridgehead atoms. The van der Waals surface area contributed by atoms with Gasteiger partial charge in [-0.15, -0.1) is 0 Å². The Labute approximate surface area is 80.7 Å². The first-order chi connectivity index (χ1) is 6.58. The van der Waals surface area contributed by atoms with Gasteiger partial charge < -0.3 is 10.8 Å². The largest absolute Gasteiger partial charge is 0.478 e. The molecule has 14 heavy (non-hydrogen) atoms. The first kappa shape index (κ1) is 10.2. The fraction of sp³-hybridized carbons (Fsp3) is 0.100. The molecule has 0 spiro atoms. The van der Waals surface area contributed by atoms with Gasteiger partial charge in [0.25, 0.3) is 0 Å². The number of carboxylic acids is 1. The fourth-order valence-corrected chi connectivity index (χ4v) is 1.05. The van der Waals surface area contributed by atoms with Crippen molar-refractivity contribution in [2.45, 2.75) is 6.42 Å². The summed E-state index contributed by atoms with van der Waals surface area (Å²) in [6, 6.07) is 5.75. The second-order valence-corrected chi connectivity index (χ2v) is 2.86. The highest BCUT2D eigenvalue weighted by atomic mass is 19.1. The zero-order chi connectivity index (χ0) is 10.6. The van der Waals surface area contributed by atoms with E-state index in [4.69, 9.17) is 10.8 Å². The molecule has 0 heterocycles. The van der Waals surface area contributed by atoms with E-state index in [0.717, 1.165) is 11.6 Å². The van der Waals surface area contributed by atoms with Crippen LogP contribution in [0.15, 0.2) is 36.0 Å². The van der Waals surface area contributed by atoms with Crippen molar-refractivity contribution in [3.05, 3.63) is 47.4 Å². The number of halogens is 1. The average Bonchev–Trinajstić information content (AvgIpc) is 2.07. The van der Waals surface area contributed by atoms with Crippen LogP contribution < -0.4 is 5.73 Å². The number of carbonyl (C=O) groups is 1. The van der Waals surface area contributed by atoms with Crippen molar-refractivity contribution in [1.29, 1.82) is 0 Å². The van der Waals surface area contributed by atoms with Gasteiger partial charge in [-0.3, -0.25) is 0 Å². The number of hydrogen-bond acceptors (Lipinski definition) is 2. The lowest BCUT2D eigenvalue weighted by molar-refractivity contribution is -0.131. The highest BCUT2D eigenvalue weighted by Crippen LogP contribution is 2.06. The standard InChI is InChI=1S/C10H10FNO2/c11-8-3-1-7(2-4-8)5-9(12)6-10(13)14/h1-4,6H,5,12H2,(H,13,14)/b9-6-. The maximum atomic E-state index is 12.5. The number of benzene rings is 1. The lowest BCUT2D eigenvalue weighted by atomic mass is 10.1. The van der Waals surface area contributed by atoms with Gasteiger partial charge in [0.05, 0.1) is 0 Å². The summed E-state index contributed by atoms with van der Waals surface area (Å²) < 4.78 is 12.5. The second kappa shape index (κ2) is 4.41. The van der Waals surface area contributed by atoms with Crippen LogP contribution in [0.4, 0.5) is 4.39 Å². The molecule has 1 rings (SSSR count). The van der Waals surface area contributed by atoms with Crippen molar-refractivity contribution < 1.29 is 14.3 Å². The van der Waals surface area contributed by atoms with E-state index < -0.39 is 5.97 Å². The Bertz CT molecular complexity index is 357. The maximum Gasteiger partial charge on any atom is 0.330 e. The number of hydrogen-bond donors (Lipinski definition) is 2. The molecule has 1 aromatic rings. The topological polar surface area (TPSA) is 63.3 Å². The number of allylic oxidation sites excluding steroid dienone is 1. The van der Waals surface area contributed by atoms with Crippen LogP contribution in [0.5, 0.6) is 0 Å². The Morgan fingerprint density at radius 1 is 1.43 bits per heavy atom. The van der Waals surface area contributed by atoms with Gasteiger partial charge in [-0.25, -0.2) is 9.18 Å². The summed E-state index contributed by atoms with van der Waals surface area (Å²) in [5.74, 6) is -1.40. The van der Waals surface area contributed by atoms with Crippen LogP contribution in [0.3, 0.4) is 0 Å². The maximum absolute atomic E-state index is 12.5. The molecular weight excluding hydrogens is 185 g/mol. The quantitative estimate of drug-likeness (QED) is 0.714. The molecule has 4 heteroatoms. The minimum Gasteiger partial charge on any atom is -0.478 e. The van der Waals surface area contributed by atoms with Gasteiger partial charge in [0.15, 0.2) is 0 Å². The number of rotatable bonds is 3. The molecule has 0 fully saturated rings. The molecule has 0 atom stereocenters. The van der Waals surface area contributed by atoms with Gasteiger partial charge in [0, 0.05) is 18.2 Å². The predicted octanol–water partition coefficient (Wildman–Crippen LogP) is 1.30. The molecule has 3 nitrogen and oxygen atoms in total. The summed E-state index contributed by atoms with van der Waals surface area (Å²) in [5, 5.41) is 8.39. The molecule has 0 amide bonds. The molecule has 1 aromatic carbocycles. The van der Waals surface area contributed by atoms with Crippen molar-refractivity contribution in [1.82, 2.24) is 0 Å². The molecule has 0 saturated carbocycles. The molecule has 0 saturated heterocycles. The smallest absolute Gasteiger partial charge is 0.330 e. The third-order valence-electron chi connectivity index (χ3n) is 1.63. The molecule has 0 aliphatic carbocycles. The molecule has 0 aliphatic rings. The summed E-state index contributed by atoms with van der Waals surface area (Å²) in [4.78, 5) is 10.2. The Morgan fingerprint density at radius 2 is 2.00 bits per heavy atom. The van der Waals surface area contributed by atoms with Crippen molar-refractivity contribution in [3.63, 3.8) is 0 Å². The first-order valence-corrected chi connectivity index (χ1v) is 4.01. The van der Waals surface area contributed by atoms with Crippen LogP contribution in [-0.4, -0.2) is 11.1 Å². The SMILES string of the molecule is N/C(=C\C(=O)O)Cc1ccc(F)cc1. The van der Waals surface area contributed by atoms with Crippen LogP contribution in [0.2, 0.25) is 0 Å². The van der Waals surface area contributed by atoms with Gasteiger partial charge in [0.2, 0.25) is 0 Å². The monoisotopic (exact) mass is 195 g/mol. The van der Waals surface area contributed by atoms with E-state index in [9.17, 15) is 9.18 Å². The number of carboxylic acid groups (broad SMARTS) is 1. The van der Waals surface area contributed by atoms with Crippen molar-refractivity contribution in [3.8, 4) is 0 Å². The predicted molar refractivity (Wildman–Crippen MR) is 50.0 cm³/mol. The van der Waals surface area contributed by atoms with E-state index in [-0.39, 0.29) is 11.5 Å². The Hall–Kier alpha value is -1.84. The Morgan fingerprint density at radius 3 is 2.50 bits per heavy atom. The van der Waals surface area contributed by atoms with Crippen LogP contribution in [-0.2, 0) is 11.2 Å². The zero-order valence-corrected chi connectivity index (χ0v) is 7.40. The Kier molecular flexibility index (Phi) is 3.23. The minimum atomic E-state index is -1.08. The number of aliphatic carboxylic acids is 1. The van der Waals surface area contributed by atoms with Crippen LogP contribution >= 0.6 is 0 Å². The van der Waals surface area contributed by atoms with Crippen LogP contribution in [0.1, 0.15) is 5.56 Å². The van der Waals surface area contributed by atoms with Gasteiger partial charge in [0.1, 0.15) is 5.82 Å². The van der Waals surface area contributed by atoms with Gasteiger partial charge in [-0.1, -0.05) is 12.1 Å². The van der Waals surface area contributed by atoms with E-state index in [0.29, 0.717) is 6.42 Å². The van der Waals surface area contributed by atoms with Crippen molar-refractivity contribution >= 4 is 5.97 Å². The molecular formula is C10H10FNO2. The van der Waals surface area contributed by atoms with E-state index in [1.807, 2.05) is 0 Å². The van der Waals surface area contributed by atoms with Crippen molar-refractivity contribution in [2.75, 3.05) is 0 Å². The number of nitrogens with two attached hydrogens (primary N) is 1. The summed E-state index contributed by atoms with van der Waals surface area (Å²) >= 11 is 0. The van der Waals surface area contributed by atoms with E-state index >= 15 is 0 Å².